The molecule has 1 aliphatic carbocycles. The number of imidazole rings is 1. The standard InChI is InChI=1S/C21H18F2N6OS/c1-9(2)16-18(23)20(31-3)17(11-5-25-28-19(11)16)13-7-29-8-14(26-15(29)6-24-13)27-21(30)10-4-12(10)22/h5-8,10,12H,1,4H2,2-3H3,(H,25,28)(H,27,30). The second-order valence-electron chi connectivity index (χ2n) is 7.55. The van der Waals surface area contributed by atoms with Crippen LogP contribution in [0.4, 0.5) is 14.6 Å². The van der Waals surface area contributed by atoms with Crippen molar-refractivity contribution in [2.45, 2.75) is 24.4 Å². The van der Waals surface area contributed by atoms with E-state index in [-0.39, 0.29) is 18.1 Å². The summed E-state index contributed by atoms with van der Waals surface area (Å²) in [5, 5.41) is 10.3. The Morgan fingerprint density at radius 2 is 2.16 bits per heavy atom. The topological polar surface area (TPSA) is 88.0 Å². The number of hydrogen-bond donors (Lipinski definition) is 2. The van der Waals surface area contributed by atoms with Crippen LogP contribution < -0.4 is 5.32 Å². The van der Waals surface area contributed by atoms with Gasteiger partial charge in [-0.2, -0.15) is 5.10 Å². The predicted octanol–water partition coefficient (Wildman–Crippen LogP) is 4.46. The van der Waals surface area contributed by atoms with Gasteiger partial charge in [0.15, 0.2) is 11.5 Å². The lowest BCUT2D eigenvalue weighted by Gasteiger charge is -2.14. The zero-order valence-electron chi connectivity index (χ0n) is 16.7. The number of hydrogen-bond acceptors (Lipinski definition) is 5. The Morgan fingerprint density at radius 1 is 1.39 bits per heavy atom. The van der Waals surface area contributed by atoms with Crippen LogP contribution >= 0.6 is 11.8 Å². The van der Waals surface area contributed by atoms with E-state index in [1.54, 1.807) is 42.4 Å². The molecule has 2 unspecified atom stereocenters. The van der Waals surface area contributed by atoms with E-state index in [0.717, 1.165) is 5.39 Å². The van der Waals surface area contributed by atoms with E-state index in [2.05, 4.69) is 32.1 Å². The van der Waals surface area contributed by atoms with Gasteiger partial charge in [0, 0.05) is 22.7 Å². The highest BCUT2D eigenvalue weighted by Gasteiger charge is 2.43. The third-order valence-corrected chi connectivity index (χ3v) is 6.13. The van der Waals surface area contributed by atoms with E-state index < -0.39 is 12.1 Å². The van der Waals surface area contributed by atoms with Gasteiger partial charge in [-0.1, -0.05) is 6.58 Å². The number of carbonyl (C=O) groups is 1. The number of rotatable bonds is 5. The molecular weight excluding hydrogens is 422 g/mol. The summed E-state index contributed by atoms with van der Waals surface area (Å²) in [6, 6.07) is 0. The summed E-state index contributed by atoms with van der Waals surface area (Å²) in [5.41, 5.74) is 3.19. The number of nitrogens with zero attached hydrogens (tertiary/aromatic N) is 4. The fraction of sp³-hybridized carbons (Fsp3) is 0.238. The molecule has 1 fully saturated rings. The molecule has 0 spiro atoms. The van der Waals surface area contributed by atoms with Crippen molar-refractivity contribution in [3.8, 4) is 11.3 Å². The van der Waals surface area contributed by atoms with Gasteiger partial charge >= 0.3 is 0 Å². The molecule has 3 heterocycles. The number of H-pyrrole nitrogens is 1. The molecule has 4 aromatic rings. The predicted molar refractivity (Wildman–Crippen MR) is 116 cm³/mol. The van der Waals surface area contributed by atoms with E-state index in [0.29, 0.717) is 44.3 Å². The van der Waals surface area contributed by atoms with Crippen molar-refractivity contribution >= 4 is 45.6 Å². The summed E-state index contributed by atoms with van der Waals surface area (Å²) in [6.07, 6.45) is 7.49. The third-order valence-electron chi connectivity index (χ3n) is 5.33. The van der Waals surface area contributed by atoms with E-state index in [1.165, 1.54) is 11.8 Å². The summed E-state index contributed by atoms with van der Waals surface area (Å²) in [7, 11) is 0. The van der Waals surface area contributed by atoms with Crippen LogP contribution in [0.3, 0.4) is 0 Å². The van der Waals surface area contributed by atoms with E-state index in [9.17, 15) is 9.18 Å². The van der Waals surface area contributed by atoms with Crippen LogP contribution in [0.2, 0.25) is 0 Å². The molecule has 10 heteroatoms. The fourth-order valence-corrected chi connectivity index (χ4v) is 4.41. The van der Waals surface area contributed by atoms with Crippen LogP contribution in [0.1, 0.15) is 18.9 Å². The van der Waals surface area contributed by atoms with E-state index in [4.69, 9.17) is 0 Å². The van der Waals surface area contributed by atoms with Gasteiger partial charge in [0.1, 0.15) is 12.0 Å². The highest BCUT2D eigenvalue weighted by Crippen LogP contribution is 2.41. The van der Waals surface area contributed by atoms with Crippen molar-refractivity contribution in [2.24, 2.45) is 5.92 Å². The molecule has 2 N–H and O–H groups in total. The molecular formula is C21H18F2N6OS. The molecule has 1 saturated carbocycles. The molecule has 158 valence electrons. The number of benzene rings is 1. The van der Waals surface area contributed by atoms with E-state index in [1.807, 2.05) is 0 Å². The Bertz CT molecular complexity index is 1380. The van der Waals surface area contributed by atoms with Gasteiger partial charge in [-0.25, -0.2) is 13.8 Å². The number of alkyl halides is 1. The number of halogens is 2. The quantitative estimate of drug-likeness (QED) is 0.447. The van der Waals surface area contributed by atoms with Crippen LogP contribution in [-0.2, 0) is 4.79 Å². The highest BCUT2D eigenvalue weighted by molar-refractivity contribution is 7.98. The average molecular weight is 440 g/mol. The number of aromatic amines is 1. The number of aromatic nitrogens is 5. The van der Waals surface area contributed by atoms with Crippen molar-refractivity contribution in [3.05, 3.63) is 42.7 Å². The lowest BCUT2D eigenvalue weighted by atomic mass is 9.99. The Labute approximate surface area is 180 Å². The first-order valence-electron chi connectivity index (χ1n) is 9.57. The minimum Gasteiger partial charge on any atom is -0.309 e. The van der Waals surface area contributed by atoms with Gasteiger partial charge < -0.3 is 9.72 Å². The Balaban J connectivity index is 1.62. The number of carbonyl (C=O) groups excluding carboxylic acids is 1. The summed E-state index contributed by atoms with van der Waals surface area (Å²) in [6.45, 7) is 5.65. The number of nitrogens with one attached hydrogen (secondary N) is 2. The summed E-state index contributed by atoms with van der Waals surface area (Å²) in [5.74, 6) is -1.05. The van der Waals surface area contributed by atoms with Gasteiger partial charge in [-0.05, 0) is 25.2 Å². The molecule has 1 aromatic carbocycles. The summed E-state index contributed by atoms with van der Waals surface area (Å²) < 4.78 is 30.2. The Kier molecular flexibility index (Phi) is 4.54. The molecule has 1 amide bonds. The maximum absolute atomic E-state index is 15.4. The van der Waals surface area contributed by atoms with Crippen molar-refractivity contribution in [2.75, 3.05) is 11.6 Å². The lowest BCUT2D eigenvalue weighted by Crippen LogP contribution is -2.15. The number of fused-ring (bicyclic) bond motifs is 2. The lowest BCUT2D eigenvalue weighted by molar-refractivity contribution is -0.117. The Hall–Kier alpha value is -3.27. The van der Waals surface area contributed by atoms with Gasteiger partial charge in [0.05, 0.1) is 40.6 Å². The monoisotopic (exact) mass is 440 g/mol. The molecule has 0 saturated heterocycles. The zero-order valence-corrected chi connectivity index (χ0v) is 17.6. The largest absolute Gasteiger partial charge is 0.309 e. The normalized spacial score (nSPS) is 17.9. The van der Waals surface area contributed by atoms with Crippen molar-refractivity contribution in [1.82, 2.24) is 24.6 Å². The van der Waals surface area contributed by atoms with Gasteiger partial charge in [-0.3, -0.25) is 14.9 Å². The molecule has 0 aliphatic heterocycles. The fourth-order valence-electron chi connectivity index (χ4n) is 3.71. The zero-order chi connectivity index (χ0) is 21.9. The average Bonchev–Trinajstić information content (AvgIpc) is 3.11. The van der Waals surface area contributed by atoms with Crippen molar-refractivity contribution in [3.63, 3.8) is 0 Å². The van der Waals surface area contributed by atoms with Crippen LogP contribution in [-0.4, -0.2) is 42.9 Å². The first-order valence-corrected chi connectivity index (χ1v) is 10.8. The van der Waals surface area contributed by atoms with Gasteiger partial charge in [0.25, 0.3) is 0 Å². The van der Waals surface area contributed by atoms with Gasteiger partial charge in [-0.15, -0.1) is 11.8 Å². The summed E-state index contributed by atoms with van der Waals surface area (Å²) >= 11 is 1.28. The SMILES string of the molecule is C=C(C)c1c(F)c(SC)c(-c2cn3cc(NC(=O)C4CC4F)nc3cn2)c2cn[nH]c12. The first-order chi connectivity index (χ1) is 14.9. The minimum absolute atomic E-state index is 0.245. The third kappa shape index (κ3) is 3.18. The number of thioether (sulfide) groups is 1. The van der Waals surface area contributed by atoms with Crippen molar-refractivity contribution < 1.29 is 13.6 Å². The smallest absolute Gasteiger partial charge is 0.231 e. The maximum Gasteiger partial charge on any atom is 0.231 e. The van der Waals surface area contributed by atoms with Gasteiger partial charge in [0.2, 0.25) is 5.91 Å². The summed E-state index contributed by atoms with van der Waals surface area (Å²) in [4.78, 5) is 21.2. The second kappa shape index (κ2) is 7.16. The van der Waals surface area contributed by atoms with Crippen LogP contribution in [0, 0.1) is 11.7 Å². The molecule has 3 aromatic heterocycles. The number of anilines is 1. The number of allylic oxidation sites excluding steroid dienone is 1. The molecule has 2 atom stereocenters. The molecule has 7 nitrogen and oxygen atoms in total. The minimum atomic E-state index is -1.08. The molecule has 0 bridgehead atoms. The molecule has 5 rings (SSSR count). The molecule has 1 aliphatic rings. The molecule has 31 heavy (non-hydrogen) atoms. The molecule has 0 radical (unpaired) electrons. The Morgan fingerprint density at radius 3 is 2.84 bits per heavy atom. The second-order valence-corrected chi connectivity index (χ2v) is 8.36. The van der Waals surface area contributed by atoms with E-state index >= 15 is 4.39 Å². The van der Waals surface area contributed by atoms with Crippen LogP contribution in [0.5, 0.6) is 0 Å². The highest BCUT2D eigenvalue weighted by atomic mass is 32.2. The maximum atomic E-state index is 15.4. The first kappa shape index (κ1) is 19.7. The van der Waals surface area contributed by atoms with Crippen LogP contribution in [0.15, 0.2) is 36.3 Å². The van der Waals surface area contributed by atoms with Crippen LogP contribution in [0.25, 0.3) is 33.4 Å². The number of amides is 1. The van der Waals surface area contributed by atoms with Crippen molar-refractivity contribution in [1.29, 1.82) is 0 Å².